The number of aromatic nitrogens is 4. The predicted molar refractivity (Wildman–Crippen MR) is 125 cm³/mol. The number of cyclic esters (lactones) is 1. The number of ether oxygens (including phenoxy) is 1. The molecule has 0 N–H and O–H groups in total. The molecule has 2 aromatic carbocycles. The number of aryl methyl sites for hydroxylation is 1. The van der Waals surface area contributed by atoms with E-state index in [2.05, 4.69) is 15.5 Å². The fourth-order valence-electron chi connectivity index (χ4n) is 4.85. The summed E-state index contributed by atoms with van der Waals surface area (Å²) in [6.45, 7) is 6.65. The summed E-state index contributed by atoms with van der Waals surface area (Å²) in [6, 6.07) is 9.17. The number of tetrazole rings is 1. The molecule has 9 nitrogen and oxygen atoms in total. The third-order valence-electron chi connectivity index (χ3n) is 6.90. The van der Waals surface area contributed by atoms with Crippen molar-refractivity contribution in [1.82, 2.24) is 30.0 Å². The Kier molecular flexibility index (Phi) is 6.29. The molecule has 0 radical (unpaired) electrons. The van der Waals surface area contributed by atoms with Gasteiger partial charge < -0.3 is 9.64 Å². The Morgan fingerprint density at radius 3 is 2.66 bits per heavy atom. The van der Waals surface area contributed by atoms with Gasteiger partial charge in [-0.05, 0) is 58.7 Å². The summed E-state index contributed by atoms with van der Waals surface area (Å²) >= 11 is 0. The summed E-state index contributed by atoms with van der Waals surface area (Å²) in [4.78, 5) is 28.5. The van der Waals surface area contributed by atoms with Crippen LogP contribution in [0.25, 0.3) is 5.69 Å². The minimum absolute atomic E-state index is 0.0650. The van der Waals surface area contributed by atoms with Crippen LogP contribution in [0.2, 0.25) is 0 Å². The standard InChI is InChI=1S/C25H27FN6O3/c1-16-11-18(3-6-23(16)32-15-27-28-29-32)12-24(33)31-9-7-30(8-10-31)13-22(26)19-4-5-20-21(17(19)2)14-35-25(20)34/h3-6,11,15,22H,7-10,12-14H2,1-2H3. The molecule has 0 aliphatic carbocycles. The number of alkyl halides is 1. The second-order valence-corrected chi connectivity index (χ2v) is 9.08. The van der Waals surface area contributed by atoms with Gasteiger partial charge in [0.1, 0.15) is 19.1 Å². The summed E-state index contributed by atoms with van der Waals surface area (Å²) in [6.07, 6.45) is 0.688. The molecule has 0 saturated carbocycles. The first-order chi connectivity index (χ1) is 16.9. The first-order valence-corrected chi connectivity index (χ1v) is 11.7. The molecule has 2 aliphatic rings. The van der Waals surface area contributed by atoms with Crippen LogP contribution in [0, 0.1) is 13.8 Å². The lowest BCUT2D eigenvalue weighted by molar-refractivity contribution is -0.132. The maximum atomic E-state index is 15.2. The molecule has 35 heavy (non-hydrogen) atoms. The maximum Gasteiger partial charge on any atom is 0.338 e. The van der Waals surface area contributed by atoms with Gasteiger partial charge in [-0.25, -0.2) is 13.9 Å². The fourth-order valence-corrected chi connectivity index (χ4v) is 4.85. The first-order valence-electron chi connectivity index (χ1n) is 11.7. The van der Waals surface area contributed by atoms with Gasteiger partial charge in [0, 0.05) is 38.3 Å². The highest BCUT2D eigenvalue weighted by Gasteiger charge is 2.28. The normalized spacial score (nSPS) is 16.8. The van der Waals surface area contributed by atoms with E-state index in [0.29, 0.717) is 43.7 Å². The molecule has 2 aliphatic heterocycles. The van der Waals surface area contributed by atoms with Crippen molar-refractivity contribution in [1.29, 1.82) is 0 Å². The number of piperazine rings is 1. The highest BCUT2D eigenvalue weighted by Crippen LogP contribution is 2.31. The van der Waals surface area contributed by atoms with Crippen molar-refractivity contribution >= 4 is 11.9 Å². The van der Waals surface area contributed by atoms with Crippen molar-refractivity contribution in [2.45, 2.75) is 33.0 Å². The average Bonchev–Trinajstić information content (AvgIpc) is 3.50. The number of hydrogen-bond donors (Lipinski definition) is 0. The Morgan fingerprint density at radius 1 is 1.14 bits per heavy atom. The molecule has 1 atom stereocenters. The van der Waals surface area contributed by atoms with Crippen LogP contribution in [0.15, 0.2) is 36.7 Å². The van der Waals surface area contributed by atoms with E-state index in [9.17, 15) is 9.59 Å². The Balaban J connectivity index is 1.15. The van der Waals surface area contributed by atoms with Crippen molar-refractivity contribution in [2.24, 2.45) is 0 Å². The second kappa shape index (κ2) is 9.53. The van der Waals surface area contributed by atoms with Crippen molar-refractivity contribution in [3.63, 3.8) is 0 Å². The van der Waals surface area contributed by atoms with Crippen LogP contribution in [0.4, 0.5) is 4.39 Å². The number of hydrogen-bond acceptors (Lipinski definition) is 7. The van der Waals surface area contributed by atoms with Gasteiger partial charge in [-0.1, -0.05) is 18.2 Å². The molecular formula is C25H27FN6O3. The number of carbonyl (C=O) groups is 2. The van der Waals surface area contributed by atoms with Gasteiger partial charge in [0.2, 0.25) is 5.91 Å². The molecule has 10 heteroatoms. The predicted octanol–water partition coefficient (Wildman–Crippen LogP) is 2.35. The number of rotatable bonds is 6. The Morgan fingerprint density at radius 2 is 1.94 bits per heavy atom. The van der Waals surface area contributed by atoms with Gasteiger partial charge in [0.05, 0.1) is 17.7 Å². The van der Waals surface area contributed by atoms with Gasteiger partial charge in [0.15, 0.2) is 0 Å². The Hall–Kier alpha value is -3.66. The molecule has 1 unspecified atom stereocenters. The number of halogens is 1. The fraction of sp³-hybridized carbons (Fsp3) is 0.400. The Bertz CT molecular complexity index is 1250. The number of nitrogens with zero attached hydrogens (tertiary/aromatic N) is 6. The SMILES string of the molecule is Cc1cc(CC(=O)N2CCN(CC(F)c3ccc4c(c3C)COC4=O)CC2)ccc1-n1cnnn1. The number of carbonyl (C=O) groups excluding carboxylic acids is 2. The van der Waals surface area contributed by atoms with Crippen LogP contribution in [0.3, 0.4) is 0 Å². The van der Waals surface area contributed by atoms with Crippen molar-refractivity contribution in [3.8, 4) is 5.69 Å². The minimum Gasteiger partial charge on any atom is -0.457 e. The van der Waals surface area contributed by atoms with E-state index in [4.69, 9.17) is 4.74 Å². The molecule has 1 saturated heterocycles. The second-order valence-electron chi connectivity index (χ2n) is 9.08. The molecule has 5 rings (SSSR count). The van der Waals surface area contributed by atoms with E-state index < -0.39 is 6.17 Å². The highest BCUT2D eigenvalue weighted by atomic mass is 19.1. The number of amides is 1. The molecule has 0 spiro atoms. The summed E-state index contributed by atoms with van der Waals surface area (Å²) in [5, 5.41) is 11.2. The molecule has 3 aromatic rings. The van der Waals surface area contributed by atoms with E-state index in [1.807, 2.05) is 41.8 Å². The molecule has 1 aromatic heterocycles. The van der Waals surface area contributed by atoms with Gasteiger partial charge in [-0.15, -0.1) is 5.10 Å². The zero-order valence-electron chi connectivity index (χ0n) is 19.8. The van der Waals surface area contributed by atoms with Gasteiger partial charge in [0.25, 0.3) is 0 Å². The van der Waals surface area contributed by atoms with Crippen molar-refractivity contribution in [3.05, 3.63) is 70.0 Å². The summed E-state index contributed by atoms with van der Waals surface area (Å²) < 4.78 is 21.9. The maximum absolute atomic E-state index is 15.2. The quantitative estimate of drug-likeness (QED) is 0.502. The average molecular weight is 479 g/mol. The summed E-state index contributed by atoms with van der Waals surface area (Å²) in [5.74, 6) is -0.278. The molecule has 1 fully saturated rings. The van der Waals surface area contributed by atoms with Crippen LogP contribution in [0.1, 0.15) is 44.3 Å². The van der Waals surface area contributed by atoms with Crippen molar-refractivity contribution < 1.29 is 18.7 Å². The molecule has 0 bridgehead atoms. The molecule has 1 amide bonds. The van der Waals surface area contributed by atoms with E-state index >= 15 is 4.39 Å². The summed E-state index contributed by atoms with van der Waals surface area (Å²) in [7, 11) is 0. The zero-order chi connectivity index (χ0) is 24.5. The number of fused-ring (bicyclic) bond motifs is 1. The Labute approximate surface area is 202 Å². The van der Waals surface area contributed by atoms with Crippen molar-refractivity contribution in [2.75, 3.05) is 32.7 Å². The monoisotopic (exact) mass is 478 g/mol. The lowest BCUT2D eigenvalue weighted by Crippen LogP contribution is -2.49. The van der Waals surface area contributed by atoms with Crippen LogP contribution < -0.4 is 0 Å². The third-order valence-corrected chi connectivity index (χ3v) is 6.90. The van der Waals surface area contributed by atoms with E-state index in [0.717, 1.165) is 27.9 Å². The van der Waals surface area contributed by atoms with Gasteiger partial charge in [-0.2, -0.15) is 0 Å². The highest BCUT2D eigenvalue weighted by molar-refractivity contribution is 5.94. The zero-order valence-corrected chi connectivity index (χ0v) is 19.8. The number of esters is 1. The molecule has 182 valence electrons. The summed E-state index contributed by atoms with van der Waals surface area (Å²) in [5.41, 5.74) is 5.50. The van der Waals surface area contributed by atoms with Crippen LogP contribution >= 0.6 is 0 Å². The molecule has 3 heterocycles. The number of benzene rings is 2. The van der Waals surface area contributed by atoms with E-state index in [1.54, 1.807) is 16.8 Å². The minimum atomic E-state index is -1.17. The lowest BCUT2D eigenvalue weighted by Gasteiger charge is -2.35. The smallest absolute Gasteiger partial charge is 0.338 e. The molecular weight excluding hydrogens is 451 g/mol. The largest absolute Gasteiger partial charge is 0.457 e. The van der Waals surface area contributed by atoms with Gasteiger partial charge in [-0.3, -0.25) is 9.69 Å². The van der Waals surface area contributed by atoms with E-state index in [-0.39, 0.29) is 25.0 Å². The van der Waals surface area contributed by atoms with E-state index in [1.165, 1.54) is 6.33 Å². The first kappa shape index (κ1) is 23.1. The van der Waals surface area contributed by atoms with Crippen LogP contribution in [0.5, 0.6) is 0 Å². The third kappa shape index (κ3) is 4.66. The van der Waals surface area contributed by atoms with Crippen LogP contribution in [-0.2, 0) is 22.6 Å². The van der Waals surface area contributed by atoms with Crippen LogP contribution in [-0.4, -0.2) is 74.6 Å². The topological polar surface area (TPSA) is 93.5 Å². The van der Waals surface area contributed by atoms with Gasteiger partial charge >= 0.3 is 5.97 Å². The lowest BCUT2D eigenvalue weighted by atomic mass is 9.95.